The first kappa shape index (κ1) is 11.2. The van der Waals surface area contributed by atoms with E-state index in [1.165, 1.54) is 11.1 Å². The van der Waals surface area contributed by atoms with Gasteiger partial charge in [-0.15, -0.1) is 0 Å². The second kappa shape index (κ2) is 4.77. The molecule has 0 radical (unpaired) electrons. The van der Waals surface area contributed by atoms with E-state index in [-0.39, 0.29) is 12.2 Å². The van der Waals surface area contributed by atoms with Crippen molar-refractivity contribution in [2.24, 2.45) is 0 Å². The van der Waals surface area contributed by atoms with Crippen LogP contribution in [0.3, 0.4) is 0 Å². The molecule has 2 heterocycles. The average Bonchev–Trinajstić information content (AvgIpc) is 2.75. The molecule has 0 aromatic heterocycles. The van der Waals surface area contributed by atoms with E-state index in [9.17, 15) is 5.11 Å². The molecule has 0 bridgehead atoms. The Bertz CT molecular complexity index is 394. The highest BCUT2D eigenvalue weighted by Crippen LogP contribution is 2.28. The molecule has 2 aliphatic heterocycles. The Balaban J connectivity index is 1.72. The molecule has 1 saturated heterocycles. The van der Waals surface area contributed by atoms with E-state index in [0.29, 0.717) is 0 Å². The summed E-state index contributed by atoms with van der Waals surface area (Å²) in [5.41, 5.74) is 2.75. The molecule has 1 N–H and O–H groups in total. The second-order valence-electron chi connectivity index (χ2n) is 5.01. The number of benzene rings is 1. The summed E-state index contributed by atoms with van der Waals surface area (Å²) >= 11 is 0. The van der Waals surface area contributed by atoms with Gasteiger partial charge in [-0.1, -0.05) is 24.3 Å². The largest absolute Gasteiger partial charge is 0.392 e. The van der Waals surface area contributed by atoms with Crippen molar-refractivity contribution < 1.29 is 9.84 Å². The lowest BCUT2D eigenvalue weighted by molar-refractivity contribution is 0.0183. The molecule has 0 aliphatic carbocycles. The van der Waals surface area contributed by atoms with Crippen LogP contribution in [0.15, 0.2) is 24.3 Å². The molecule has 1 unspecified atom stereocenters. The van der Waals surface area contributed by atoms with Gasteiger partial charge in [0.05, 0.1) is 18.8 Å². The van der Waals surface area contributed by atoms with E-state index < -0.39 is 0 Å². The Hall–Kier alpha value is -0.900. The summed E-state index contributed by atoms with van der Waals surface area (Å²) in [7, 11) is 0. The van der Waals surface area contributed by atoms with E-state index in [0.717, 1.165) is 39.1 Å². The van der Waals surface area contributed by atoms with Gasteiger partial charge in [0.1, 0.15) is 0 Å². The fraction of sp³-hybridized carbons (Fsp3) is 0.571. The van der Waals surface area contributed by atoms with Crippen molar-refractivity contribution in [1.82, 2.24) is 4.90 Å². The molecule has 0 spiro atoms. The molecular weight excluding hydrogens is 214 g/mol. The molecule has 3 rings (SSSR count). The number of aliphatic hydroxyl groups excluding tert-OH is 1. The van der Waals surface area contributed by atoms with Crippen molar-refractivity contribution in [2.45, 2.75) is 25.0 Å². The van der Waals surface area contributed by atoms with E-state index in [1.54, 1.807) is 0 Å². The van der Waals surface area contributed by atoms with Crippen molar-refractivity contribution in [3.63, 3.8) is 0 Å². The number of ether oxygens (including phenoxy) is 1. The fourth-order valence-corrected chi connectivity index (χ4v) is 2.84. The molecule has 3 nitrogen and oxygen atoms in total. The van der Waals surface area contributed by atoms with Gasteiger partial charge in [-0.2, -0.15) is 0 Å². The van der Waals surface area contributed by atoms with Crippen LogP contribution in [0.4, 0.5) is 0 Å². The Morgan fingerprint density at radius 1 is 1.35 bits per heavy atom. The Morgan fingerprint density at radius 2 is 2.24 bits per heavy atom. The Morgan fingerprint density at radius 3 is 3.06 bits per heavy atom. The minimum atomic E-state index is -0.145. The standard InChI is InChI=1S/C14H19NO2/c16-12-5-7-15(9-12)10-14-13-4-2-1-3-11(13)6-8-17-14/h1-4,12,14,16H,5-10H2/t12-,14?/m0/s1. The third-order valence-electron chi connectivity index (χ3n) is 3.76. The van der Waals surface area contributed by atoms with Crippen LogP contribution in [0.2, 0.25) is 0 Å². The summed E-state index contributed by atoms with van der Waals surface area (Å²) in [6.07, 6.45) is 1.96. The summed E-state index contributed by atoms with van der Waals surface area (Å²) in [4.78, 5) is 2.30. The van der Waals surface area contributed by atoms with Gasteiger partial charge >= 0.3 is 0 Å². The van der Waals surface area contributed by atoms with E-state index in [2.05, 4.69) is 29.2 Å². The zero-order valence-corrected chi connectivity index (χ0v) is 10.0. The minimum absolute atomic E-state index is 0.145. The maximum atomic E-state index is 9.54. The molecular formula is C14H19NO2. The topological polar surface area (TPSA) is 32.7 Å². The van der Waals surface area contributed by atoms with Crippen molar-refractivity contribution >= 4 is 0 Å². The van der Waals surface area contributed by atoms with E-state index >= 15 is 0 Å². The fourth-order valence-electron chi connectivity index (χ4n) is 2.84. The first-order chi connectivity index (χ1) is 8.33. The predicted octanol–water partition coefficient (Wildman–Crippen LogP) is 1.37. The maximum absolute atomic E-state index is 9.54. The van der Waals surface area contributed by atoms with Gasteiger partial charge in [0.15, 0.2) is 0 Å². The zero-order valence-electron chi connectivity index (χ0n) is 10.0. The lowest BCUT2D eigenvalue weighted by Gasteiger charge is -2.29. The van der Waals surface area contributed by atoms with Gasteiger partial charge in [0.25, 0.3) is 0 Å². The minimum Gasteiger partial charge on any atom is -0.392 e. The number of likely N-dealkylation sites (tertiary alicyclic amines) is 1. The van der Waals surface area contributed by atoms with Gasteiger partial charge < -0.3 is 9.84 Å². The Kier molecular flexibility index (Phi) is 3.14. The smallest absolute Gasteiger partial charge is 0.0954 e. The van der Waals surface area contributed by atoms with Crippen molar-refractivity contribution in [3.8, 4) is 0 Å². The van der Waals surface area contributed by atoms with Crippen LogP contribution >= 0.6 is 0 Å². The second-order valence-corrected chi connectivity index (χ2v) is 5.01. The third-order valence-corrected chi connectivity index (χ3v) is 3.76. The van der Waals surface area contributed by atoms with Crippen LogP contribution in [0.1, 0.15) is 23.7 Å². The van der Waals surface area contributed by atoms with Gasteiger partial charge in [0.2, 0.25) is 0 Å². The van der Waals surface area contributed by atoms with Crippen LogP contribution in [0, 0.1) is 0 Å². The molecule has 1 aromatic rings. The van der Waals surface area contributed by atoms with Crippen LogP contribution in [-0.2, 0) is 11.2 Å². The van der Waals surface area contributed by atoms with Gasteiger partial charge in [-0.05, 0) is 24.0 Å². The highest BCUT2D eigenvalue weighted by molar-refractivity contribution is 5.31. The van der Waals surface area contributed by atoms with Crippen LogP contribution in [-0.4, -0.2) is 42.4 Å². The SMILES string of the molecule is O[C@H]1CCN(CC2OCCc3ccccc32)C1. The number of nitrogens with zero attached hydrogens (tertiary/aromatic N) is 1. The highest BCUT2D eigenvalue weighted by Gasteiger charge is 2.26. The molecule has 2 aliphatic rings. The first-order valence-corrected chi connectivity index (χ1v) is 6.43. The van der Waals surface area contributed by atoms with E-state index in [4.69, 9.17) is 4.74 Å². The summed E-state index contributed by atoms with van der Waals surface area (Å²) in [5.74, 6) is 0. The molecule has 0 saturated carbocycles. The number of rotatable bonds is 2. The molecule has 3 heteroatoms. The molecule has 92 valence electrons. The molecule has 1 fully saturated rings. The summed E-state index contributed by atoms with van der Waals surface area (Å²) in [6, 6.07) is 8.55. The highest BCUT2D eigenvalue weighted by atomic mass is 16.5. The van der Waals surface area contributed by atoms with Crippen LogP contribution < -0.4 is 0 Å². The summed E-state index contributed by atoms with van der Waals surface area (Å²) < 4.78 is 5.88. The average molecular weight is 233 g/mol. The number of fused-ring (bicyclic) bond motifs is 1. The maximum Gasteiger partial charge on any atom is 0.0954 e. The molecule has 1 aromatic carbocycles. The number of hydrogen-bond donors (Lipinski definition) is 1. The van der Waals surface area contributed by atoms with Gasteiger partial charge in [-0.3, -0.25) is 4.90 Å². The summed E-state index contributed by atoms with van der Waals surface area (Å²) in [5, 5.41) is 9.54. The van der Waals surface area contributed by atoms with Crippen LogP contribution in [0.5, 0.6) is 0 Å². The first-order valence-electron chi connectivity index (χ1n) is 6.43. The van der Waals surface area contributed by atoms with Crippen molar-refractivity contribution in [3.05, 3.63) is 35.4 Å². The monoisotopic (exact) mass is 233 g/mol. The van der Waals surface area contributed by atoms with Crippen molar-refractivity contribution in [1.29, 1.82) is 0 Å². The quantitative estimate of drug-likeness (QED) is 0.837. The number of β-amino-alcohol motifs (C(OH)–C–C–N with tert-alkyl or cyclic N) is 1. The lowest BCUT2D eigenvalue weighted by atomic mass is 9.97. The predicted molar refractivity (Wildman–Crippen MR) is 65.9 cm³/mol. The third kappa shape index (κ3) is 2.37. The summed E-state index contributed by atoms with van der Waals surface area (Å²) in [6.45, 7) is 3.51. The Labute approximate surface area is 102 Å². The molecule has 17 heavy (non-hydrogen) atoms. The number of aliphatic hydroxyl groups is 1. The normalized spacial score (nSPS) is 29.2. The van der Waals surface area contributed by atoms with Crippen molar-refractivity contribution in [2.75, 3.05) is 26.2 Å². The lowest BCUT2D eigenvalue weighted by Crippen LogP contribution is -2.31. The number of hydrogen-bond acceptors (Lipinski definition) is 3. The zero-order chi connectivity index (χ0) is 11.7. The molecule has 0 amide bonds. The molecule has 2 atom stereocenters. The van der Waals surface area contributed by atoms with Gasteiger partial charge in [-0.25, -0.2) is 0 Å². The van der Waals surface area contributed by atoms with Gasteiger partial charge in [0, 0.05) is 19.6 Å². The van der Waals surface area contributed by atoms with E-state index in [1.807, 2.05) is 0 Å². The van der Waals surface area contributed by atoms with Crippen LogP contribution in [0.25, 0.3) is 0 Å².